The van der Waals surface area contributed by atoms with Gasteiger partial charge in [0, 0.05) is 36.7 Å². The molecule has 0 aliphatic heterocycles. The Labute approximate surface area is 190 Å². The summed E-state index contributed by atoms with van der Waals surface area (Å²) in [6.45, 7) is 1.83. The molecule has 0 aliphatic carbocycles. The second-order valence-corrected chi connectivity index (χ2v) is 10.3. The summed E-state index contributed by atoms with van der Waals surface area (Å²) in [5, 5.41) is 4.24. The number of hydrogen-bond acceptors (Lipinski definition) is 4. The van der Waals surface area contributed by atoms with Crippen LogP contribution in [0.5, 0.6) is 0 Å². The van der Waals surface area contributed by atoms with Crippen molar-refractivity contribution in [2.45, 2.75) is 25.8 Å². The zero-order valence-electron chi connectivity index (χ0n) is 18.9. The Morgan fingerprint density at radius 1 is 1.00 bits per heavy atom. The molecule has 0 saturated carbocycles. The van der Waals surface area contributed by atoms with Gasteiger partial charge in [-0.3, -0.25) is 4.79 Å². The molecule has 0 unspecified atom stereocenters. The first-order valence-electron chi connectivity index (χ1n) is 10.7. The number of H-pyrrole nitrogens is 1. The lowest BCUT2D eigenvalue weighted by molar-refractivity contribution is -0.120. The number of aromatic nitrogens is 1. The molecule has 0 aliphatic rings. The second kappa shape index (κ2) is 10.8. The number of aromatic amines is 1. The molecule has 0 radical (unpaired) electrons. The van der Waals surface area contributed by atoms with Gasteiger partial charge in [0.1, 0.15) is 0 Å². The van der Waals surface area contributed by atoms with E-state index in [4.69, 9.17) is 0 Å². The summed E-state index contributed by atoms with van der Waals surface area (Å²) in [5.74, 6) is -0.0265. The largest absolute Gasteiger partial charge is 0.361 e. The van der Waals surface area contributed by atoms with Crippen LogP contribution in [0.25, 0.3) is 10.9 Å². The van der Waals surface area contributed by atoms with Crippen LogP contribution >= 0.6 is 0 Å². The van der Waals surface area contributed by atoms with Gasteiger partial charge in [0.15, 0.2) is 0 Å². The van der Waals surface area contributed by atoms with Crippen LogP contribution in [0.2, 0.25) is 0 Å². The highest BCUT2D eigenvalue weighted by atomic mass is 32.2. The number of nitrogens with zero attached hydrogens (tertiary/aromatic N) is 1. The molecular formula is C24H32N4O3S. The first kappa shape index (κ1) is 24.0. The highest BCUT2D eigenvalue weighted by Gasteiger charge is 2.07. The number of carbonyl (C=O) groups is 1. The van der Waals surface area contributed by atoms with Crippen molar-refractivity contribution < 1.29 is 13.2 Å². The minimum Gasteiger partial charge on any atom is -0.361 e. The van der Waals surface area contributed by atoms with Gasteiger partial charge in [0.05, 0.1) is 12.7 Å². The number of sulfonamides is 1. The zero-order valence-corrected chi connectivity index (χ0v) is 19.8. The van der Waals surface area contributed by atoms with Crippen LogP contribution in [-0.2, 0) is 40.6 Å². The predicted molar refractivity (Wildman–Crippen MR) is 129 cm³/mol. The maximum Gasteiger partial charge on any atom is 0.224 e. The number of hydrogen-bond donors (Lipinski definition) is 3. The fourth-order valence-electron chi connectivity index (χ4n) is 3.52. The molecule has 32 heavy (non-hydrogen) atoms. The van der Waals surface area contributed by atoms with Gasteiger partial charge in [-0.25, -0.2) is 13.1 Å². The summed E-state index contributed by atoms with van der Waals surface area (Å²) in [5.41, 5.74) is 5.40. The molecule has 3 N–H and O–H groups in total. The van der Waals surface area contributed by atoms with Crippen LogP contribution < -0.4 is 10.0 Å². The predicted octanol–water partition coefficient (Wildman–Crippen LogP) is 2.22. The quantitative estimate of drug-likeness (QED) is 0.412. The van der Waals surface area contributed by atoms with Gasteiger partial charge in [-0.15, -0.1) is 0 Å². The van der Waals surface area contributed by atoms with E-state index in [0.29, 0.717) is 13.0 Å². The van der Waals surface area contributed by atoms with E-state index in [-0.39, 0.29) is 12.5 Å². The molecule has 0 bridgehead atoms. The van der Waals surface area contributed by atoms with E-state index in [0.717, 1.165) is 42.3 Å². The van der Waals surface area contributed by atoms with E-state index in [9.17, 15) is 13.2 Å². The number of fused-ring (bicyclic) bond motifs is 1. The SMILES string of the molecule is CN(C)CCc1c[nH]c2ccc(CCNC(=O)Cc3ccc(CNS(C)(=O)=O)cc3)cc12. The van der Waals surface area contributed by atoms with E-state index < -0.39 is 10.0 Å². The molecule has 3 rings (SSSR count). The van der Waals surface area contributed by atoms with Gasteiger partial charge < -0.3 is 15.2 Å². The molecule has 8 heteroatoms. The van der Waals surface area contributed by atoms with E-state index in [1.165, 1.54) is 16.5 Å². The number of amides is 1. The van der Waals surface area contributed by atoms with Crippen LogP contribution in [0.15, 0.2) is 48.7 Å². The standard InChI is InChI=1S/C24H32N4O3S/c1-28(2)13-11-21-17-26-23-9-8-19(14-22(21)23)10-12-25-24(29)15-18-4-6-20(7-5-18)16-27-32(3,30)31/h4-9,14,17,26-27H,10-13,15-16H2,1-3H3,(H,25,29). The van der Waals surface area contributed by atoms with E-state index >= 15 is 0 Å². The van der Waals surface area contributed by atoms with E-state index in [1.807, 2.05) is 24.3 Å². The summed E-state index contributed by atoms with van der Waals surface area (Å²) in [4.78, 5) is 17.8. The highest BCUT2D eigenvalue weighted by Crippen LogP contribution is 2.21. The van der Waals surface area contributed by atoms with Crippen molar-refractivity contribution in [3.8, 4) is 0 Å². The molecular weight excluding hydrogens is 424 g/mol. The molecule has 7 nitrogen and oxygen atoms in total. The normalized spacial score (nSPS) is 11.9. The minimum absolute atomic E-state index is 0.0265. The third-order valence-corrected chi connectivity index (χ3v) is 5.99. The van der Waals surface area contributed by atoms with Gasteiger partial charge in [0.25, 0.3) is 0 Å². The van der Waals surface area contributed by atoms with Gasteiger partial charge in [-0.1, -0.05) is 30.3 Å². The Morgan fingerprint density at radius 3 is 2.38 bits per heavy atom. The lowest BCUT2D eigenvalue weighted by Crippen LogP contribution is -2.27. The molecule has 0 saturated heterocycles. The molecule has 0 atom stereocenters. The molecule has 1 aromatic heterocycles. The van der Waals surface area contributed by atoms with Crippen LogP contribution in [0, 0.1) is 0 Å². The number of likely N-dealkylation sites (N-methyl/N-ethyl adjacent to an activating group) is 1. The fraction of sp³-hybridized carbons (Fsp3) is 0.375. The fourth-order valence-corrected chi connectivity index (χ4v) is 3.94. The Kier molecular flexibility index (Phi) is 8.06. The van der Waals surface area contributed by atoms with Gasteiger partial charge in [0.2, 0.25) is 15.9 Å². The van der Waals surface area contributed by atoms with E-state index in [1.54, 1.807) is 0 Å². The summed E-state index contributed by atoms with van der Waals surface area (Å²) in [7, 11) is 0.934. The van der Waals surface area contributed by atoms with Gasteiger partial charge >= 0.3 is 0 Å². The van der Waals surface area contributed by atoms with Crippen LogP contribution in [0.4, 0.5) is 0 Å². The third-order valence-electron chi connectivity index (χ3n) is 5.32. The monoisotopic (exact) mass is 456 g/mol. The Hall–Kier alpha value is -2.68. The van der Waals surface area contributed by atoms with E-state index in [2.05, 4.69) is 58.4 Å². The maximum atomic E-state index is 12.3. The van der Waals surface area contributed by atoms with Crippen molar-refractivity contribution in [3.63, 3.8) is 0 Å². The lowest BCUT2D eigenvalue weighted by atomic mass is 10.1. The van der Waals surface area contributed by atoms with Crippen molar-refractivity contribution in [1.82, 2.24) is 19.9 Å². The van der Waals surface area contributed by atoms with Crippen LogP contribution in [-0.4, -0.2) is 57.6 Å². The summed E-state index contributed by atoms with van der Waals surface area (Å²) >= 11 is 0. The molecule has 2 aromatic carbocycles. The first-order chi connectivity index (χ1) is 15.2. The smallest absolute Gasteiger partial charge is 0.224 e. The average molecular weight is 457 g/mol. The number of benzene rings is 2. The molecule has 172 valence electrons. The Bertz CT molecular complexity index is 1150. The Morgan fingerprint density at radius 2 is 1.69 bits per heavy atom. The minimum atomic E-state index is -3.22. The topological polar surface area (TPSA) is 94.3 Å². The average Bonchev–Trinajstić information content (AvgIpc) is 3.13. The van der Waals surface area contributed by atoms with Gasteiger partial charge in [-0.2, -0.15) is 0 Å². The van der Waals surface area contributed by atoms with Crippen LogP contribution in [0.3, 0.4) is 0 Å². The molecule has 0 spiro atoms. The van der Waals surface area contributed by atoms with Crippen molar-refractivity contribution in [2.75, 3.05) is 33.4 Å². The summed E-state index contributed by atoms with van der Waals surface area (Å²) < 4.78 is 24.8. The lowest BCUT2D eigenvalue weighted by Gasteiger charge is -2.09. The molecule has 0 fully saturated rings. The Balaban J connectivity index is 1.48. The second-order valence-electron chi connectivity index (χ2n) is 8.43. The van der Waals surface area contributed by atoms with Crippen molar-refractivity contribution in [2.24, 2.45) is 0 Å². The molecule has 1 heterocycles. The third kappa shape index (κ3) is 7.47. The number of nitrogens with one attached hydrogen (secondary N) is 3. The van der Waals surface area contributed by atoms with Crippen molar-refractivity contribution in [3.05, 3.63) is 70.9 Å². The molecule has 3 aromatic rings. The van der Waals surface area contributed by atoms with Crippen molar-refractivity contribution in [1.29, 1.82) is 0 Å². The number of rotatable bonds is 11. The van der Waals surface area contributed by atoms with Crippen molar-refractivity contribution >= 4 is 26.8 Å². The maximum absolute atomic E-state index is 12.3. The van der Waals surface area contributed by atoms with Crippen LogP contribution in [0.1, 0.15) is 22.3 Å². The first-order valence-corrected chi connectivity index (χ1v) is 12.6. The summed E-state index contributed by atoms with van der Waals surface area (Å²) in [6.07, 6.45) is 5.28. The zero-order chi connectivity index (χ0) is 23.1. The number of carbonyl (C=O) groups excluding carboxylic acids is 1. The highest BCUT2D eigenvalue weighted by molar-refractivity contribution is 7.88. The van der Waals surface area contributed by atoms with Gasteiger partial charge in [-0.05, 0) is 61.3 Å². The molecule has 1 amide bonds. The summed E-state index contributed by atoms with van der Waals surface area (Å²) in [6, 6.07) is 13.8.